The van der Waals surface area contributed by atoms with Crippen molar-refractivity contribution >= 4 is 70.4 Å². The second kappa shape index (κ2) is 20.8. The SMILES string of the molecule is NC(=O)CCC(C(=O)N1CCN(c2cc3c(cc2F)C(=O)N(C2CCC(=O)NC2=O)C3=O)CC1)N1C(=O)c2cc(F)c(N3CCN(CC4CCN(c5ccc(C(=O)NC6CCCCC6)nn5)CC4)CC3)cc2C1=O. The number of nitrogens with one attached hydrogen (secondary N) is 2. The van der Waals surface area contributed by atoms with E-state index in [1.807, 2.05) is 11.0 Å². The third-order valence-electron chi connectivity index (χ3n) is 15.7. The normalized spacial score (nSPS) is 21.6. The van der Waals surface area contributed by atoms with Crippen molar-refractivity contribution in [1.29, 1.82) is 0 Å². The summed E-state index contributed by atoms with van der Waals surface area (Å²) < 4.78 is 31.7. The van der Waals surface area contributed by atoms with Crippen LogP contribution in [0.2, 0.25) is 0 Å². The van der Waals surface area contributed by atoms with Gasteiger partial charge in [-0.05, 0) is 80.8 Å². The first kappa shape index (κ1) is 50.1. The van der Waals surface area contributed by atoms with Gasteiger partial charge in [-0.3, -0.25) is 63.2 Å². The van der Waals surface area contributed by atoms with Crippen LogP contribution in [0.4, 0.5) is 26.0 Å². The van der Waals surface area contributed by atoms with Gasteiger partial charge in [-0.1, -0.05) is 19.3 Å². The number of nitrogens with two attached hydrogens (primary N) is 1. The average molecular weight is 1020 g/mol. The van der Waals surface area contributed by atoms with Crippen LogP contribution in [0, 0.1) is 17.6 Å². The molecule has 5 fully saturated rings. The molecule has 74 heavy (non-hydrogen) atoms. The smallest absolute Gasteiger partial charge is 0.272 e. The standard InChI is InChI=1S/C51H58F2N12O9/c52-35-25-32-34(27-40(35)60-18-16-59(17-19-60)28-29-12-14-62(15-13-29)43-10-6-37(57-58-43)45(68)55-30-4-2-1-3-5-30)50(73)65(48(32)71)39(7-9-42(54)66)51(74)63-22-20-61(21-23-63)41-26-33-31(24-36(41)53)47(70)64(49(33)72)38-8-11-44(67)56-46(38)69/h6,10,24-27,29-30,38-39H,1-5,7-9,11-23,28H2,(H2,54,66)(H,55,68)(H,56,67,69). The molecular weight excluding hydrogens is 963 g/mol. The number of halogens is 2. The highest BCUT2D eigenvalue weighted by Crippen LogP contribution is 2.36. The molecule has 0 spiro atoms. The fraction of sp³-hybridized carbons (Fsp3) is 0.510. The van der Waals surface area contributed by atoms with Crippen molar-refractivity contribution in [3.05, 3.63) is 76.0 Å². The van der Waals surface area contributed by atoms with Crippen LogP contribution >= 0.6 is 0 Å². The molecular formula is C51H58F2N12O9. The molecule has 7 aliphatic rings. The number of aromatic nitrogens is 2. The number of benzene rings is 2. The predicted molar refractivity (Wildman–Crippen MR) is 261 cm³/mol. The van der Waals surface area contributed by atoms with Crippen molar-refractivity contribution in [3.8, 4) is 0 Å². The Balaban J connectivity index is 0.734. The van der Waals surface area contributed by atoms with Gasteiger partial charge in [0.05, 0.1) is 33.6 Å². The Morgan fingerprint density at radius 3 is 1.84 bits per heavy atom. The molecule has 1 aliphatic carbocycles. The van der Waals surface area contributed by atoms with E-state index < -0.39 is 71.0 Å². The number of hydrogen-bond donors (Lipinski definition) is 3. The molecule has 2 unspecified atom stereocenters. The number of fused-ring (bicyclic) bond motifs is 2. The Morgan fingerprint density at radius 1 is 0.676 bits per heavy atom. The summed E-state index contributed by atoms with van der Waals surface area (Å²) >= 11 is 0. The van der Waals surface area contributed by atoms with Gasteiger partial charge >= 0.3 is 0 Å². The van der Waals surface area contributed by atoms with Gasteiger partial charge in [-0.2, -0.15) is 0 Å². The number of rotatable bonds is 13. The minimum Gasteiger partial charge on any atom is -0.370 e. The summed E-state index contributed by atoms with van der Waals surface area (Å²) in [6.07, 6.45) is 6.52. The number of primary amides is 1. The summed E-state index contributed by atoms with van der Waals surface area (Å²) in [5.74, 6) is -6.68. The van der Waals surface area contributed by atoms with Crippen LogP contribution in [0.15, 0.2) is 36.4 Å². The van der Waals surface area contributed by atoms with Gasteiger partial charge in [0.25, 0.3) is 29.5 Å². The quantitative estimate of drug-likeness (QED) is 0.207. The van der Waals surface area contributed by atoms with Crippen molar-refractivity contribution in [1.82, 2.24) is 40.4 Å². The number of carbonyl (C=O) groups is 9. The number of hydrogen-bond acceptors (Lipinski definition) is 15. The number of amides is 9. The molecule has 2 aromatic carbocycles. The molecule has 4 N–H and O–H groups in total. The molecule has 21 nitrogen and oxygen atoms in total. The first-order valence-corrected chi connectivity index (χ1v) is 25.6. The number of imide groups is 3. The van der Waals surface area contributed by atoms with E-state index in [1.54, 1.807) is 11.0 Å². The third-order valence-corrected chi connectivity index (χ3v) is 15.7. The van der Waals surface area contributed by atoms with E-state index in [0.717, 1.165) is 85.9 Å². The molecule has 23 heteroatoms. The lowest BCUT2D eigenvalue weighted by Crippen LogP contribution is -2.56. The molecule has 1 aromatic heterocycles. The van der Waals surface area contributed by atoms with Crippen molar-refractivity contribution in [2.24, 2.45) is 11.7 Å². The van der Waals surface area contributed by atoms with Crippen LogP contribution in [0.25, 0.3) is 0 Å². The Hall–Kier alpha value is -7.43. The third kappa shape index (κ3) is 9.87. The second-order valence-electron chi connectivity index (χ2n) is 20.3. The highest BCUT2D eigenvalue weighted by atomic mass is 19.1. The van der Waals surface area contributed by atoms with Gasteiger partial charge < -0.3 is 30.7 Å². The van der Waals surface area contributed by atoms with E-state index in [9.17, 15) is 43.2 Å². The fourth-order valence-corrected chi connectivity index (χ4v) is 11.5. The van der Waals surface area contributed by atoms with Crippen molar-refractivity contribution < 1.29 is 51.9 Å². The van der Waals surface area contributed by atoms with Gasteiger partial charge in [0.15, 0.2) is 11.5 Å². The van der Waals surface area contributed by atoms with E-state index in [-0.39, 0.29) is 97.4 Å². The van der Waals surface area contributed by atoms with Gasteiger partial charge in [-0.15, -0.1) is 10.2 Å². The summed E-state index contributed by atoms with van der Waals surface area (Å²) in [7, 11) is 0. The van der Waals surface area contributed by atoms with E-state index in [4.69, 9.17) is 5.73 Å². The lowest BCUT2D eigenvalue weighted by Gasteiger charge is -2.39. The van der Waals surface area contributed by atoms with E-state index in [0.29, 0.717) is 37.8 Å². The number of piperazine rings is 2. The Bertz CT molecular complexity index is 2800. The highest BCUT2D eigenvalue weighted by Gasteiger charge is 2.47. The summed E-state index contributed by atoms with van der Waals surface area (Å²) in [6.45, 7) is 4.66. The fourth-order valence-electron chi connectivity index (χ4n) is 11.5. The lowest BCUT2D eigenvalue weighted by atomic mass is 9.95. The number of anilines is 3. The van der Waals surface area contributed by atoms with Gasteiger partial charge in [0.2, 0.25) is 23.6 Å². The summed E-state index contributed by atoms with van der Waals surface area (Å²) in [4.78, 5) is 129. The van der Waals surface area contributed by atoms with Crippen LogP contribution in [0.5, 0.6) is 0 Å². The van der Waals surface area contributed by atoms with E-state index in [2.05, 4.69) is 30.6 Å². The molecule has 6 aliphatic heterocycles. The number of nitrogens with zero attached hydrogens (tertiary/aromatic N) is 9. The minimum absolute atomic E-state index is 0.0280. The van der Waals surface area contributed by atoms with Gasteiger partial charge in [0.1, 0.15) is 23.7 Å². The molecule has 2 atom stereocenters. The molecule has 7 heterocycles. The molecule has 9 amide bonds. The van der Waals surface area contributed by atoms with Crippen LogP contribution in [0.3, 0.4) is 0 Å². The molecule has 0 bridgehead atoms. The first-order chi connectivity index (χ1) is 35.6. The zero-order chi connectivity index (χ0) is 51.9. The van der Waals surface area contributed by atoms with Gasteiger partial charge in [-0.25, -0.2) is 8.78 Å². The molecule has 4 saturated heterocycles. The predicted octanol–water partition coefficient (Wildman–Crippen LogP) is 1.84. The summed E-state index contributed by atoms with van der Waals surface area (Å²) in [5, 5.41) is 13.8. The topological polar surface area (TPSA) is 252 Å². The second-order valence-corrected chi connectivity index (χ2v) is 20.3. The monoisotopic (exact) mass is 1020 g/mol. The largest absolute Gasteiger partial charge is 0.370 e. The maximum absolute atomic E-state index is 16.0. The Morgan fingerprint density at radius 2 is 1.26 bits per heavy atom. The van der Waals surface area contributed by atoms with Crippen LogP contribution in [0.1, 0.15) is 123 Å². The molecule has 390 valence electrons. The van der Waals surface area contributed by atoms with E-state index in [1.165, 1.54) is 23.5 Å². The van der Waals surface area contributed by atoms with E-state index >= 15 is 8.78 Å². The molecule has 10 rings (SSSR count). The number of carbonyl (C=O) groups excluding carboxylic acids is 9. The minimum atomic E-state index is -1.47. The first-order valence-electron chi connectivity index (χ1n) is 25.6. The Labute approximate surface area is 424 Å². The van der Waals surface area contributed by atoms with Gasteiger partial charge in [0, 0.05) is 90.9 Å². The van der Waals surface area contributed by atoms with Crippen LogP contribution in [-0.2, 0) is 19.2 Å². The van der Waals surface area contributed by atoms with Crippen molar-refractivity contribution in [3.63, 3.8) is 0 Å². The lowest BCUT2D eigenvalue weighted by molar-refractivity contribution is -0.137. The maximum Gasteiger partial charge on any atom is 0.272 e. The Kier molecular flexibility index (Phi) is 14.1. The number of piperidine rings is 2. The van der Waals surface area contributed by atoms with Crippen LogP contribution in [-0.4, -0.2) is 173 Å². The van der Waals surface area contributed by atoms with Crippen LogP contribution < -0.4 is 31.1 Å². The maximum atomic E-state index is 16.0. The molecule has 3 aromatic rings. The summed E-state index contributed by atoms with van der Waals surface area (Å²) in [6, 6.07) is 5.61. The molecule has 1 saturated carbocycles. The zero-order valence-corrected chi connectivity index (χ0v) is 40.9. The molecule has 0 radical (unpaired) electrons. The van der Waals surface area contributed by atoms with Crippen molar-refractivity contribution in [2.45, 2.75) is 88.8 Å². The average Bonchev–Trinajstić information content (AvgIpc) is 3.78. The highest BCUT2D eigenvalue weighted by molar-refractivity contribution is 6.24. The zero-order valence-electron chi connectivity index (χ0n) is 40.9. The van der Waals surface area contributed by atoms with Crippen molar-refractivity contribution in [2.75, 3.05) is 86.7 Å². The summed E-state index contributed by atoms with van der Waals surface area (Å²) in [5.41, 5.74) is 5.30.